The first kappa shape index (κ1) is 17.5. The Morgan fingerprint density at radius 1 is 1.20 bits per heavy atom. The average Bonchev–Trinajstić information content (AvgIpc) is 2.77. The van der Waals surface area contributed by atoms with Crippen molar-refractivity contribution in [1.29, 1.82) is 10.8 Å². The first-order chi connectivity index (χ1) is 11.8. The Kier molecular flexibility index (Phi) is 4.60. The minimum Gasteiger partial charge on any atom is -0.288 e. The smallest absolute Gasteiger partial charge is 0.132 e. The predicted molar refractivity (Wildman–Crippen MR) is 108 cm³/mol. The molecule has 2 aromatic rings. The molecule has 0 radical (unpaired) electrons. The zero-order valence-electron chi connectivity index (χ0n) is 15.4. The zero-order valence-corrected chi connectivity index (χ0v) is 16.2. The summed E-state index contributed by atoms with van der Waals surface area (Å²) >= 11 is 1.65. The summed E-state index contributed by atoms with van der Waals surface area (Å²) < 4.78 is 0. The molecule has 0 fully saturated rings. The second kappa shape index (κ2) is 6.56. The molecule has 2 heterocycles. The lowest BCUT2D eigenvalue weighted by atomic mass is 9.99. The fourth-order valence-corrected chi connectivity index (χ4v) is 4.36. The highest BCUT2D eigenvalue weighted by atomic mass is 32.1. The van der Waals surface area contributed by atoms with Gasteiger partial charge in [0.15, 0.2) is 0 Å². The molecule has 1 unspecified atom stereocenters. The quantitative estimate of drug-likeness (QED) is 0.574. The lowest BCUT2D eigenvalue weighted by Crippen LogP contribution is -2.39. The van der Waals surface area contributed by atoms with E-state index in [1.807, 2.05) is 6.92 Å². The Morgan fingerprint density at radius 3 is 2.40 bits per heavy atom. The van der Waals surface area contributed by atoms with E-state index in [4.69, 9.17) is 15.8 Å². The van der Waals surface area contributed by atoms with Gasteiger partial charge in [0.05, 0.1) is 5.71 Å². The molecule has 0 amide bonds. The summed E-state index contributed by atoms with van der Waals surface area (Å²) in [5, 5.41) is 17.8. The van der Waals surface area contributed by atoms with Crippen LogP contribution in [-0.2, 0) is 0 Å². The van der Waals surface area contributed by atoms with Crippen molar-refractivity contribution in [3.8, 4) is 0 Å². The van der Waals surface area contributed by atoms with Crippen molar-refractivity contribution < 1.29 is 0 Å². The Labute approximate surface area is 153 Å². The monoisotopic (exact) mass is 352 g/mol. The number of aryl methyl sites for hydroxylation is 2. The Balaban J connectivity index is 2.32. The van der Waals surface area contributed by atoms with E-state index in [9.17, 15) is 0 Å². The maximum absolute atomic E-state index is 8.66. The molecule has 0 bridgehead atoms. The number of nitrogens with one attached hydrogen (secondary N) is 2. The third-order valence-corrected chi connectivity index (χ3v) is 5.89. The zero-order chi connectivity index (χ0) is 18.3. The minimum atomic E-state index is -0.240. The van der Waals surface area contributed by atoms with E-state index in [1.165, 1.54) is 16.0 Å². The second-order valence-corrected chi connectivity index (χ2v) is 7.74. The Morgan fingerprint density at radius 2 is 1.84 bits per heavy atom. The predicted octanol–water partition coefficient (Wildman–Crippen LogP) is 5.08. The van der Waals surface area contributed by atoms with E-state index in [1.54, 1.807) is 23.2 Å². The summed E-state index contributed by atoms with van der Waals surface area (Å²) in [6.45, 7) is 10.1. The summed E-state index contributed by atoms with van der Waals surface area (Å²) in [4.78, 5) is 7.95. The first-order valence-electron chi connectivity index (χ1n) is 8.54. The van der Waals surface area contributed by atoms with E-state index < -0.39 is 0 Å². The largest absolute Gasteiger partial charge is 0.288 e. The number of fused-ring (bicyclic) bond motifs is 1. The highest BCUT2D eigenvalue weighted by molar-refractivity contribution is 7.17. The van der Waals surface area contributed by atoms with Crippen molar-refractivity contribution in [2.75, 3.05) is 4.90 Å². The molecule has 25 heavy (non-hydrogen) atoms. The molecule has 1 aliphatic rings. The summed E-state index contributed by atoms with van der Waals surface area (Å²) in [5.41, 5.74) is 5.49. The normalized spacial score (nSPS) is 17.2. The van der Waals surface area contributed by atoms with Gasteiger partial charge in [0, 0.05) is 16.0 Å². The van der Waals surface area contributed by atoms with Crippen LogP contribution in [0.15, 0.2) is 29.3 Å². The van der Waals surface area contributed by atoms with Crippen molar-refractivity contribution in [2.24, 2.45) is 4.99 Å². The van der Waals surface area contributed by atoms with Gasteiger partial charge in [-0.25, -0.2) is 0 Å². The maximum Gasteiger partial charge on any atom is 0.132 e. The van der Waals surface area contributed by atoms with Crippen LogP contribution in [0.4, 0.5) is 5.00 Å². The van der Waals surface area contributed by atoms with Gasteiger partial charge in [-0.3, -0.25) is 20.7 Å². The van der Waals surface area contributed by atoms with Gasteiger partial charge in [0.1, 0.15) is 22.7 Å². The highest BCUT2D eigenvalue weighted by Gasteiger charge is 2.32. The van der Waals surface area contributed by atoms with Crippen LogP contribution in [0, 0.1) is 31.6 Å². The molecule has 5 heteroatoms. The molecule has 1 atom stereocenters. The third-order valence-electron chi connectivity index (χ3n) is 4.70. The van der Waals surface area contributed by atoms with Crippen molar-refractivity contribution in [3.05, 3.63) is 51.4 Å². The van der Waals surface area contributed by atoms with Crippen molar-refractivity contribution in [1.82, 2.24) is 0 Å². The van der Waals surface area contributed by atoms with Gasteiger partial charge in [-0.15, -0.1) is 11.3 Å². The van der Waals surface area contributed by atoms with Crippen molar-refractivity contribution in [2.45, 2.75) is 47.1 Å². The molecule has 3 rings (SSSR count). The van der Waals surface area contributed by atoms with Crippen LogP contribution in [0.2, 0.25) is 0 Å². The van der Waals surface area contributed by atoms with Crippen LogP contribution in [0.1, 0.15) is 47.4 Å². The number of rotatable bonds is 2. The molecule has 0 saturated heterocycles. The average molecular weight is 353 g/mol. The van der Waals surface area contributed by atoms with Crippen LogP contribution >= 0.6 is 11.3 Å². The molecule has 0 aliphatic carbocycles. The molecular formula is C20H24N4S. The number of hydrogen-bond acceptors (Lipinski definition) is 4. The van der Waals surface area contributed by atoms with Crippen LogP contribution < -0.4 is 4.90 Å². The van der Waals surface area contributed by atoms with E-state index in [0.29, 0.717) is 11.7 Å². The molecule has 130 valence electrons. The summed E-state index contributed by atoms with van der Waals surface area (Å²) in [6, 6.07) is 8.17. The van der Waals surface area contributed by atoms with E-state index in [0.717, 1.165) is 28.3 Å². The van der Waals surface area contributed by atoms with Gasteiger partial charge in [-0.2, -0.15) is 0 Å². The Hall–Kier alpha value is -2.27. The number of hydrogen-bond donors (Lipinski definition) is 2. The topological polar surface area (TPSA) is 63.3 Å². The van der Waals surface area contributed by atoms with Gasteiger partial charge in [0.2, 0.25) is 0 Å². The van der Waals surface area contributed by atoms with Crippen LogP contribution in [0.3, 0.4) is 0 Å². The summed E-state index contributed by atoms with van der Waals surface area (Å²) in [7, 11) is 0. The molecule has 1 aromatic heterocycles. The number of anilines is 1. The standard InChI is InChI=1S/C20H24N4S/c1-6-16-19(22)24(14(5)21)20-17(12(3)13(4)25-20)18(23-16)15-9-7-11(2)8-10-15/h7-10,16,21-22H,6H2,1-5H3. The van der Waals surface area contributed by atoms with Gasteiger partial charge >= 0.3 is 0 Å². The van der Waals surface area contributed by atoms with Crippen LogP contribution in [-0.4, -0.2) is 23.4 Å². The van der Waals surface area contributed by atoms with Gasteiger partial charge < -0.3 is 0 Å². The van der Waals surface area contributed by atoms with Crippen LogP contribution in [0.5, 0.6) is 0 Å². The fraction of sp³-hybridized carbons (Fsp3) is 0.350. The fourth-order valence-electron chi connectivity index (χ4n) is 3.13. The maximum atomic E-state index is 8.66. The molecule has 1 aromatic carbocycles. The first-order valence-corrected chi connectivity index (χ1v) is 9.35. The molecule has 4 nitrogen and oxygen atoms in total. The second-order valence-electron chi connectivity index (χ2n) is 6.54. The molecule has 0 spiro atoms. The van der Waals surface area contributed by atoms with E-state index in [2.05, 4.69) is 45.0 Å². The number of amidine groups is 2. The molecular weight excluding hydrogens is 328 g/mol. The van der Waals surface area contributed by atoms with E-state index in [-0.39, 0.29) is 6.04 Å². The molecule has 0 saturated carbocycles. The number of benzene rings is 1. The molecule has 1 aliphatic heterocycles. The third kappa shape index (κ3) is 2.93. The number of nitrogens with zero attached hydrogens (tertiary/aromatic N) is 2. The van der Waals surface area contributed by atoms with Gasteiger partial charge in [0.25, 0.3) is 0 Å². The van der Waals surface area contributed by atoms with Gasteiger partial charge in [-0.1, -0.05) is 36.8 Å². The highest BCUT2D eigenvalue weighted by Crippen LogP contribution is 2.40. The summed E-state index contributed by atoms with van der Waals surface area (Å²) in [6.07, 6.45) is 0.741. The van der Waals surface area contributed by atoms with Crippen molar-refractivity contribution in [3.63, 3.8) is 0 Å². The van der Waals surface area contributed by atoms with Crippen LogP contribution in [0.25, 0.3) is 0 Å². The van der Waals surface area contributed by atoms with Gasteiger partial charge in [-0.05, 0) is 39.7 Å². The summed E-state index contributed by atoms with van der Waals surface area (Å²) in [5.74, 6) is 0.755. The van der Waals surface area contributed by atoms with Crippen molar-refractivity contribution >= 4 is 33.7 Å². The Bertz CT molecular complexity index is 874. The van der Waals surface area contributed by atoms with E-state index >= 15 is 0 Å². The molecule has 2 N–H and O–H groups in total. The lowest BCUT2D eigenvalue weighted by Gasteiger charge is -2.24. The number of aliphatic imine (C=N–C) groups is 1. The SMILES string of the molecule is CCC1N=C(c2ccc(C)cc2)c2c(sc(C)c2C)N(C(C)=N)C1=N. The number of thiophene rings is 1. The minimum absolute atomic E-state index is 0.240. The lowest BCUT2D eigenvalue weighted by molar-refractivity contribution is 0.810.